The molecule has 0 saturated carbocycles. The second kappa shape index (κ2) is 5.44. The monoisotopic (exact) mass is 258 g/mol. The van der Waals surface area contributed by atoms with E-state index in [2.05, 4.69) is 4.74 Å². The van der Waals surface area contributed by atoms with E-state index in [9.17, 15) is 14.0 Å². The van der Waals surface area contributed by atoms with E-state index in [1.807, 2.05) is 0 Å². The van der Waals surface area contributed by atoms with Gasteiger partial charge < -0.3 is 4.74 Å². The summed E-state index contributed by atoms with van der Waals surface area (Å²) in [6.07, 6.45) is 0.710. The van der Waals surface area contributed by atoms with Crippen LogP contribution < -0.4 is 0 Å². The van der Waals surface area contributed by atoms with Crippen molar-refractivity contribution < 1.29 is 18.7 Å². The van der Waals surface area contributed by atoms with Crippen LogP contribution in [0.25, 0.3) is 11.1 Å². The highest BCUT2D eigenvalue weighted by molar-refractivity contribution is 5.92. The fraction of sp³-hybridized carbons (Fsp3) is 0.0667. The second-order valence-corrected chi connectivity index (χ2v) is 3.89. The Morgan fingerprint density at radius 2 is 1.95 bits per heavy atom. The van der Waals surface area contributed by atoms with Crippen LogP contribution in [0.2, 0.25) is 0 Å². The molecule has 0 atom stereocenters. The van der Waals surface area contributed by atoms with Gasteiger partial charge in [-0.15, -0.1) is 0 Å². The molecule has 0 fully saturated rings. The highest BCUT2D eigenvalue weighted by Crippen LogP contribution is 2.24. The van der Waals surface area contributed by atoms with Gasteiger partial charge in [0.15, 0.2) is 6.29 Å². The summed E-state index contributed by atoms with van der Waals surface area (Å²) in [5.74, 6) is -1.40. The maximum atomic E-state index is 13.8. The number of methoxy groups -OCH3 is 1. The van der Waals surface area contributed by atoms with Gasteiger partial charge >= 0.3 is 5.97 Å². The molecule has 0 radical (unpaired) electrons. The minimum atomic E-state index is -0.729. The Bertz CT molecular complexity index is 635. The topological polar surface area (TPSA) is 43.4 Å². The summed E-state index contributed by atoms with van der Waals surface area (Å²) in [5.41, 5.74) is 1.49. The van der Waals surface area contributed by atoms with Gasteiger partial charge in [-0.2, -0.15) is 0 Å². The molecule has 0 aliphatic rings. The number of rotatable bonds is 3. The van der Waals surface area contributed by atoms with E-state index in [0.29, 0.717) is 23.0 Å². The first-order chi connectivity index (χ1) is 9.17. The quantitative estimate of drug-likeness (QED) is 0.627. The van der Waals surface area contributed by atoms with Crippen LogP contribution in [0.15, 0.2) is 42.5 Å². The number of aldehydes is 1. The first kappa shape index (κ1) is 13.0. The van der Waals surface area contributed by atoms with Crippen LogP contribution in [-0.4, -0.2) is 19.4 Å². The van der Waals surface area contributed by atoms with Crippen molar-refractivity contribution in [2.75, 3.05) is 7.11 Å². The third kappa shape index (κ3) is 2.52. The predicted molar refractivity (Wildman–Crippen MR) is 68.6 cm³/mol. The summed E-state index contributed by atoms with van der Waals surface area (Å²) < 4.78 is 18.3. The number of esters is 1. The second-order valence-electron chi connectivity index (χ2n) is 3.89. The fourth-order valence-electron chi connectivity index (χ4n) is 1.82. The number of hydrogen-bond acceptors (Lipinski definition) is 3. The molecule has 0 amide bonds. The molecule has 2 aromatic rings. The lowest BCUT2D eigenvalue weighted by molar-refractivity contribution is 0.0595. The third-order valence-corrected chi connectivity index (χ3v) is 2.77. The molecule has 0 aliphatic heterocycles. The van der Waals surface area contributed by atoms with Gasteiger partial charge in [-0.1, -0.05) is 30.3 Å². The van der Waals surface area contributed by atoms with Crippen LogP contribution in [0.4, 0.5) is 4.39 Å². The molecular weight excluding hydrogens is 247 g/mol. The third-order valence-electron chi connectivity index (χ3n) is 2.77. The number of carbonyl (C=O) groups excluding carboxylic acids is 2. The average Bonchev–Trinajstić information content (AvgIpc) is 2.46. The first-order valence-corrected chi connectivity index (χ1v) is 5.60. The Morgan fingerprint density at radius 3 is 2.58 bits per heavy atom. The molecule has 0 spiro atoms. The van der Waals surface area contributed by atoms with E-state index in [1.54, 1.807) is 30.3 Å². The lowest BCUT2D eigenvalue weighted by Gasteiger charge is -2.07. The summed E-state index contributed by atoms with van der Waals surface area (Å²) in [6.45, 7) is 0. The van der Waals surface area contributed by atoms with Gasteiger partial charge in [-0.3, -0.25) is 4.79 Å². The van der Waals surface area contributed by atoms with E-state index < -0.39 is 11.8 Å². The maximum absolute atomic E-state index is 13.8. The van der Waals surface area contributed by atoms with Crippen LogP contribution in [0, 0.1) is 5.82 Å². The molecule has 0 saturated heterocycles. The van der Waals surface area contributed by atoms with Crippen molar-refractivity contribution in [2.45, 2.75) is 0 Å². The van der Waals surface area contributed by atoms with E-state index in [4.69, 9.17) is 0 Å². The average molecular weight is 258 g/mol. The normalized spacial score (nSPS) is 10.0. The molecule has 96 valence electrons. The van der Waals surface area contributed by atoms with Crippen LogP contribution in [-0.2, 0) is 4.74 Å². The zero-order chi connectivity index (χ0) is 13.8. The van der Waals surface area contributed by atoms with Crippen molar-refractivity contribution in [1.29, 1.82) is 0 Å². The SMILES string of the molecule is COC(=O)c1ccc(-c2ccccc2C=O)cc1F. The molecule has 19 heavy (non-hydrogen) atoms. The van der Waals surface area contributed by atoms with E-state index >= 15 is 0 Å². The Balaban J connectivity index is 2.50. The van der Waals surface area contributed by atoms with Crippen molar-refractivity contribution in [3.63, 3.8) is 0 Å². The van der Waals surface area contributed by atoms with Crippen molar-refractivity contribution in [2.24, 2.45) is 0 Å². The number of carbonyl (C=O) groups is 2. The molecule has 0 unspecified atom stereocenters. The zero-order valence-electron chi connectivity index (χ0n) is 10.2. The largest absolute Gasteiger partial charge is 0.465 e. The van der Waals surface area contributed by atoms with Crippen molar-refractivity contribution in [3.05, 3.63) is 59.4 Å². The molecule has 0 aliphatic carbocycles. The van der Waals surface area contributed by atoms with Crippen molar-refractivity contribution in [1.82, 2.24) is 0 Å². The predicted octanol–water partition coefficient (Wildman–Crippen LogP) is 3.09. The van der Waals surface area contributed by atoms with Gasteiger partial charge in [0.2, 0.25) is 0 Å². The van der Waals surface area contributed by atoms with Crippen LogP contribution in [0.3, 0.4) is 0 Å². The van der Waals surface area contributed by atoms with Crippen LogP contribution in [0.1, 0.15) is 20.7 Å². The highest BCUT2D eigenvalue weighted by atomic mass is 19.1. The lowest BCUT2D eigenvalue weighted by Crippen LogP contribution is -2.04. The van der Waals surface area contributed by atoms with Gasteiger partial charge in [-0.05, 0) is 23.3 Å². The molecule has 0 N–H and O–H groups in total. The molecule has 0 heterocycles. The van der Waals surface area contributed by atoms with E-state index in [1.165, 1.54) is 19.2 Å². The fourth-order valence-corrected chi connectivity index (χ4v) is 1.82. The summed E-state index contributed by atoms with van der Waals surface area (Å²) in [7, 11) is 1.19. The van der Waals surface area contributed by atoms with Crippen LogP contribution >= 0.6 is 0 Å². The van der Waals surface area contributed by atoms with Gasteiger partial charge in [0.1, 0.15) is 5.82 Å². The Kier molecular flexibility index (Phi) is 3.71. The van der Waals surface area contributed by atoms with E-state index in [0.717, 1.165) is 0 Å². The van der Waals surface area contributed by atoms with Gasteiger partial charge in [0.05, 0.1) is 12.7 Å². The highest BCUT2D eigenvalue weighted by Gasteiger charge is 2.13. The van der Waals surface area contributed by atoms with Gasteiger partial charge in [-0.25, -0.2) is 9.18 Å². The molecule has 2 aromatic carbocycles. The van der Waals surface area contributed by atoms with Gasteiger partial charge in [0, 0.05) is 5.56 Å². The summed E-state index contributed by atoms with van der Waals surface area (Å²) in [6, 6.07) is 11.0. The number of benzene rings is 2. The Hall–Kier alpha value is -2.49. The number of ether oxygens (including phenoxy) is 1. The zero-order valence-corrected chi connectivity index (χ0v) is 10.2. The van der Waals surface area contributed by atoms with Crippen molar-refractivity contribution >= 4 is 12.3 Å². The standard InChI is InChI=1S/C15H11FO3/c1-19-15(18)13-7-6-10(8-14(13)16)12-5-3-2-4-11(12)9-17/h2-9H,1H3. The van der Waals surface area contributed by atoms with Gasteiger partial charge in [0.25, 0.3) is 0 Å². The maximum Gasteiger partial charge on any atom is 0.340 e. The Morgan fingerprint density at radius 1 is 1.21 bits per heavy atom. The molecule has 0 aromatic heterocycles. The number of halogens is 1. The molecular formula is C15H11FO3. The minimum absolute atomic E-state index is 0.130. The lowest BCUT2D eigenvalue weighted by atomic mass is 9.99. The van der Waals surface area contributed by atoms with E-state index in [-0.39, 0.29) is 5.56 Å². The number of hydrogen-bond donors (Lipinski definition) is 0. The minimum Gasteiger partial charge on any atom is -0.465 e. The molecule has 3 nitrogen and oxygen atoms in total. The Labute approximate surface area is 109 Å². The van der Waals surface area contributed by atoms with Crippen LogP contribution in [0.5, 0.6) is 0 Å². The summed E-state index contributed by atoms with van der Waals surface area (Å²) in [4.78, 5) is 22.2. The first-order valence-electron chi connectivity index (χ1n) is 5.60. The summed E-state index contributed by atoms with van der Waals surface area (Å²) in [5, 5.41) is 0. The molecule has 0 bridgehead atoms. The molecule has 2 rings (SSSR count). The van der Waals surface area contributed by atoms with Crippen molar-refractivity contribution in [3.8, 4) is 11.1 Å². The smallest absolute Gasteiger partial charge is 0.340 e. The molecule has 4 heteroatoms. The summed E-state index contributed by atoms with van der Waals surface area (Å²) >= 11 is 0.